The summed E-state index contributed by atoms with van der Waals surface area (Å²) < 4.78 is 5.59. The highest BCUT2D eigenvalue weighted by Gasteiger charge is 2.15. The van der Waals surface area contributed by atoms with Crippen molar-refractivity contribution in [3.63, 3.8) is 0 Å². The van der Waals surface area contributed by atoms with Gasteiger partial charge < -0.3 is 10.5 Å². The maximum Gasteiger partial charge on any atom is 0.258 e. The molecule has 1 amide bonds. The van der Waals surface area contributed by atoms with Crippen molar-refractivity contribution in [2.45, 2.75) is 25.9 Å². The first-order chi connectivity index (χ1) is 7.69. The van der Waals surface area contributed by atoms with Crippen LogP contribution in [0.25, 0.3) is 0 Å². The molecule has 1 rings (SSSR count). The normalized spacial score (nSPS) is 11.8. The molecule has 16 heavy (non-hydrogen) atoms. The molecule has 0 aliphatic carbocycles. The zero-order chi connectivity index (χ0) is 12.0. The summed E-state index contributed by atoms with van der Waals surface area (Å²) in [5, 5.41) is 0. The van der Waals surface area contributed by atoms with Crippen LogP contribution in [0.5, 0.6) is 5.75 Å². The largest absolute Gasteiger partial charge is 0.480 e. The number of benzene rings is 1. The molecule has 86 valence electrons. The highest BCUT2D eigenvalue weighted by molar-refractivity contribution is 5.79. The molecule has 0 bridgehead atoms. The SMILES string of the molecule is C=CCc1ccccc1O[C@H](CC)C(N)=O. The number of ether oxygens (including phenoxy) is 1. The Morgan fingerprint density at radius 1 is 1.56 bits per heavy atom. The summed E-state index contributed by atoms with van der Waals surface area (Å²) in [7, 11) is 0. The first-order valence-electron chi connectivity index (χ1n) is 5.33. The molecular formula is C13H17NO2. The molecule has 0 fully saturated rings. The van der Waals surface area contributed by atoms with Crippen molar-refractivity contribution >= 4 is 5.91 Å². The number of primary amides is 1. The zero-order valence-electron chi connectivity index (χ0n) is 9.48. The third kappa shape index (κ3) is 3.12. The lowest BCUT2D eigenvalue weighted by molar-refractivity contribution is -0.124. The van der Waals surface area contributed by atoms with Gasteiger partial charge in [0.05, 0.1) is 0 Å². The van der Waals surface area contributed by atoms with Crippen molar-refractivity contribution in [3.05, 3.63) is 42.5 Å². The van der Waals surface area contributed by atoms with Gasteiger partial charge >= 0.3 is 0 Å². The zero-order valence-corrected chi connectivity index (χ0v) is 9.48. The second-order valence-corrected chi connectivity index (χ2v) is 3.52. The number of carbonyl (C=O) groups excluding carboxylic acids is 1. The monoisotopic (exact) mass is 219 g/mol. The lowest BCUT2D eigenvalue weighted by Gasteiger charge is -2.16. The Morgan fingerprint density at radius 3 is 2.81 bits per heavy atom. The van der Waals surface area contributed by atoms with Crippen LogP contribution in [0.1, 0.15) is 18.9 Å². The van der Waals surface area contributed by atoms with E-state index in [4.69, 9.17) is 10.5 Å². The van der Waals surface area contributed by atoms with Gasteiger partial charge in [-0.15, -0.1) is 6.58 Å². The molecule has 0 heterocycles. The lowest BCUT2D eigenvalue weighted by Crippen LogP contribution is -2.33. The molecular weight excluding hydrogens is 202 g/mol. The molecule has 1 aromatic rings. The number of hydrogen-bond donors (Lipinski definition) is 1. The quantitative estimate of drug-likeness (QED) is 0.744. The fourth-order valence-electron chi connectivity index (χ4n) is 1.44. The van der Waals surface area contributed by atoms with Crippen molar-refractivity contribution in [3.8, 4) is 5.75 Å². The number of para-hydroxylation sites is 1. The fourth-order valence-corrected chi connectivity index (χ4v) is 1.44. The van der Waals surface area contributed by atoms with Crippen LogP contribution in [0.2, 0.25) is 0 Å². The Morgan fingerprint density at radius 2 is 2.25 bits per heavy atom. The van der Waals surface area contributed by atoms with Gasteiger partial charge in [-0.25, -0.2) is 0 Å². The summed E-state index contributed by atoms with van der Waals surface area (Å²) in [4.78, 5) is 11.1. The topological polar surface area (TPSA) is 52.3 Å². The van der Waals surface area contributed by atoms with Crippen LogP contribution in [0.15, 0.2) is 36.9 Å². The average molecular weight is 219 g/mol. The van der Waals surface area contributed by atoms with Crippen molar-refractivity contribution in [2.75, 3.05) is 0 Å². The molecule has 1 atom stereocenters. The van der Waals surface area contributed by atoms with Gasteiger partial charge in [0.1, 0.15) is 5.75 Å². The van der Waals surface area contributed by atoms with Gasteiger partial charge in [-0.05, 0) is 24.5 Å². The molecule has 0 saturated carbocycles. The van der Waals surface area contributed by atoms with Gasteiger partial charge in [0, 0.05) is 0 Å². The molecule has 0 aliphatic heterocycles. The van der Waals surface area contributed by atoms with Crippen LogP contribution in [0.4, 0.5) is 0 Å². The predicted octanol–water partition coefficient (Wildman–Crippen LogP) is 2.06. The Balaban J connectivity index is 2.86. The summed E-state index contributed by atoms with van der Waals surface area (Å²) >= 11 is 0. The van der Waals surface area contributed by atoms with Gasteiger partial charge in [0.25, 0.3) is 5.91 Å². The Kier molecular flexibility index (Phi) is 4.58. The molecule has 1 aromatic carbocycles. The van der Waals surface area contributed by atoms with E-state index in [0.29, 0.717) is 18.6 Å². The van der Waals surface area contributed by atoms with E-state index in [0.717, 1.165) is 5.56 Å². The van der Waals surface area contributed by atoms with Crippen LogP contribution >= 0.6 is 0 Å². The van der Waals surface area contributed by atoms with Gasteiger partial charge in [0.2, 0.25) is 0 Å². The number of nitrogens with two attached hydrogens (primary N) is 1. The smallest absolute Gasteiger partial charge is 0.258 e. The molecule has 3 nitrogen and oxygen atoms in total. The number of hydrogen-bond acceptors (Lipinski definition) is 2. The molecule has 0 aliphatic rings. The van der Waals surface area contributed by atoms with E-state index in [1.807, 2.05) is 31.2 Å². The van der Waals surface area contributed by atoms with Gasteiger partial charge in [0.15, 0.2) is 6.10 Å². The van der Waals surface area contributed by atoms with Crippen LogP contribution in [-0.2, 0) is 11.2 Å². The second kappa shape index (κ2) is 5.95. The van der Waals surface area contributed by atoms with E-state index in [2.05, 4.69) is 6.58 Å². The highest BCUT2D eigenvalue weighted by Crippen LogP contribution is 2.20. The molecule has 3 heteroatoms. The van der Waals surface area contributed by atoms with Crippen LogP contribution in [0.3, 0.4) is 0 Å². The number of carbonyl (C=O) groups is 1. The number of rotatable bonds is 6. The summed E-state index contributed by atoms with van der Waals surface area (Å²) in [6, 6.07) is 7.59. The summed E-state index contributed by atoms with van der Waals surface area (Å²) in [6.07, 6.45) is 2.52. The minimum absolute atomic E-state index is 0.434. The molecule has 0 radical (unpaired) electrons. The van der Waals surface area contributed by atoms with E-state index < -0.39 is 12.0 Å². The Bertz CT molecular complexity index is 374. The fraction of sp³-hybridized carbons (Fsp3) is 0.308. The van der Waals surface area contributed by atoms with Crippen LogP contribution in [0, 0.1) is 0 Å². The van der Waals surface area contributed by atoms with E-state index in [1.165, 1.54) is 0 Å². The van der Waals surface area contributed by atoms with E-state index >= 15 is 0 Å². The summed E-state index contributed by atoms with van der Waals surface area (Å²) in [5.74, 6) is 0.268. The predicted molar refractivity (Wildman–Crippen MR) is 64.2 cm³/mol. The standard InChI is InChI=1S/C13H17NO2/c1-3-7-10-8-5-6-9-12(10)16-11(4-2)13(14)15/h3,5-6,8-9,11H,1,4,7H2,2H3,(H2,14,15)/t11-/m1/s1. The van der Waals surface area contributed by atoms with Gasteiger partial charge in [-0.2, -0.15) is 0 Å². The Labute approximate surface area is 95.9 Å². The number of amides is 1. The van der Waals surface area contributed by atoms with Gasteiger partial charge in [-0.3, -0.25) is 4.79 Å². The lowest BCUT2D eigenvalue weighted by atomic mass is 10.1. The van der Waals surface area contributed by atoms with E-state index in [-0.39, 0.29) is 0 Å². The van der Waals surface area contributed by atoms with E-state index in [9.17, 15) is 4.79 Å². The highest BCUT2D eigenvalue weighted by atomic mass is 16.5. The maximum absolute atomic E-state index is 11.1. The van der Waals surface area contributed by atoms with Crippen molar-refractivity contribution in [1.82, 2.24) is 0 Å². The maximum atomic E-state index is 11.1. The average Bonchev–Trinajstić information content (AvgIpc) is 2.27. The third-order valence-electron chi connectivity index (χ3n) is 2.29. The molecule has 0 spiro atoms. The summed E-state index contributed by atoms with van der Waals surface area (Å²) in [5.41, 5.74) is 6.25. The molecule has 0 aromatic heterocycles. The Hall–Kier alpha value is -1.77. The molecule has 0 unspecified atom stereocenters. The molecule has 0 saturated heterocycles. The third-order valence-corrected chi connectivity index (χ3v) is 2.29. The van der Waals surface area contributed by atoms with Crippen molar-refractivity contribution < 1.29 is 9.53 Å². The number of allylic oxidation sites excluding steroid dienone is 1. The van der Waals surface area contributed by atoms with Crippen molar-refractivity contribution in [2.24, 2.45) is 5.73 Å². The van der Waals surface area contributed by atoms with Crippen LogP contribution < -0.4 is 10.5 Å². The minimum Gasteiger partial charge on any atom is -0.480 e. The second-order valence-electron chi connectivity index (χ2n) is 3.52. The van der Waals surface area contributed by atoms with Crippen LogP contribution in [-0.4, -0.2) is 12.0 Å². The van der Waals surface area contributed by atoms with E-state index in [1.54, 1.807) is 6.08 Å². The van der Waals surface area contributed by atoms with Gasteiger partial charge in [-0.1, -0.05) is 31.2 Å². The first-order valence-corrected chi connectivity index (χ1v) is 5.33. The van der Waals surface area contributed by atoms with Crippen molar-refractivity contribution in [1.29, 1.82) is 0 Å². The minimum atomic E-state index is -0.564. The summed E-state index contributed by atoms with van der Waals surface area (Å²) in [6.45, 7) is 5.55. The first kappa shape index (κ1) is 12.3. The molecule has 2 N–H and O–H groups in total.